The molecule has 34 heavy (non-hydrogen) atoms. The lowest BCUT2D eigenvalue weighted by atomic mass is 9.44. The molecule has 6 rings (SSSR count). The van der Waals surface area contributed by atoms with Gasteiger partial charge in [0, 0.05) is 29.3 Å². The summed E-state index contributed by atoms with van der Waals surface area (Å²) in [5, 5.41) is 5.78. The Bertz CT molecular complexity index is 1370. The third kappa shape index (κ3) is 3.94. The molecule has 2 N–H and O–H groups in total. The first-order valence-electron chi connectivity index (χ1n) is 10.4. The lowest BCUT2D eigenvalue weighted by molar-refractivity contribution is -0.141. The van der Waals surface area contributed by atoms with E-state index in [0.717, 1.165) is 12.1 Å². The number of methoxy groups -OCH3 is 1. The third-order valence-electron chi connectivity index (χ3n) is 6.06. The highest BCUT2D eigenvalue weighted by molar-refractivity contribution is 6.30. The number of carbonyl (C=O) groups is 2. The summed E-state index contributed by atoms with van der Waals surface area (Å²) < 4.78 is 29.3. The first kappa shape index (κ1) is 22.1. The molecule has 3 aromatic rings. The van der Waals surface area contributed by atoms with Crippen LogP contribution in [0.3, 0.4) is 0 Å². The predicted molar refractivity (Wildman–Crippen MR) is 119 cm³/mol. The normalized spacial score (nSPS) is 22.3. The van der Waals surface area contributed by atoms with Crippen molar-refractivity contribution in [3.05, 3.63) is 63.2 Å². The molecule has 2 bridgehead atoms. The minimum atomic E-state index is -0.630. The Kier molecular flexibility index (Phi) is 5.20. The number of amides is 2. The molecule has 9 nitrogen and oxygen atoms in total. The average Bonchev–Trinajstić information content (AvgIpc) is 2.77. The number of benzene rings is 1. The Morgan fingerprint density at radius 2 is 1.88 bits per heavy atom. The van der Waals surface area contributed by atoms with E-state index in [0.29, 0.717) is 19.3 Å². The van der Waals surface area contributed by atoms with Crippen molar-refractivity contribution < 1.29 is 27.9 Å². The van der Waals surface area contributed by atoms with Crippen LogP contribution in [0.5, 0.6) is 11.6 Å². The van der Waals surface area contributed by atoms with Crippen molar-refractivity contribution in [1.29, 1.82) is 0 Å². The first-order chi connectivity index (χ1) is 16.2. The number of hydrogen-bond acceptors (Lipinski definition) is 7. The summed E-state index contributed by atoms with van der Waals surface area (Å²) in [4.78, 5) is 41.4. The van der Waals surface area contributed by atoms with E-state index in [-0.39, 0.29) is 46.0 Å². The van der Waals surface area contributed by atoms with E-state index in [1.54, 1.807) is 0 Å². The van der Waals surface area contributed by atoms with Crippen molar-refractivity contribution in [3.8, 4) is 11.6 Å². The van der Waals surface area contributed by atoms with Gasteiger partial charge in [-0.2, -0.15) is 0 Å². The van der Waals surface area contributed by atoms with E-state index in [1.165, 1.54) is 31.4 Å². The molecule has 176 valence electrons. The van der Waals surface area contributed by atoms with Gasteiger partial charge in [-0.15, -0.1) is 0 Å². The zero-order valence-electron chi connectivity index (χ0n) is 17.9. The van der Waals surface area contributed by atoms with Crippen LogP contribution >= 0.6 is 11.6 Å². The monoisotopic (exact) mass is 487 g/mol. The van der Waals surface area contributed by atoms with Crippen LogP contribution < -0.4 is 25.5 Å². The van der Waals surface area contributed by atoms with Crippen LogP contribution in [0, 0.1) is 5.82 Å². The summed E-state index contributed by atoms with van der Waals surface area (Å²) in [5.74, 6) is -1.14. The zero-order chi connectivity index (χ0) is 24.1. The number of rotatable bonds is 7. The van der Waals surface area contributed by atoms with E-state index in [2.05, 4.69) is 15.6 Å². The summed E-state index contributed by atoms with van der Waals surface area (Å²) in [6, 6.07) is 8.09. The smallest absolute Gasteiger partial charge is 0.287 e. The second-order valence-corrected chi connectivity index (χ2v) is 9.04. The largest absolute Gasteiger partial charge is 0.484 e. The summed E-state index contributed by atoms with van der Waals surface area (Å²) in [6.45, 7) is -0.275. The summed E-state index contributed by atoms with van der Waals surface area (Å²) in [6.07, 6.45) is 1.64. The van der Waals surface area contributed by atoms with E-state index < -0.39 is 28.2 Å². The van der Waals surface area contributed by atoms with Crippen molar-refractivity contribution in [2.75, 3.05) is 13.7 Å². The molecule has 3 saturated carbocycles. The Morgan fingerprint density at radius 1 is 1.15 bits per heavy atom. The molecule has 0 radical (unpaired) electrons. The number of hydrogen-bond donors (Lipinski definition) is 2. The van der Waals surface area contributed by atoms with Crippen LogP contribution in [0.25, 0.3) is 11.1 Å². The van der Waals surface area contributed by atoms with Crippen LogP contribution in [0.15, 0.2) is 45.6 Å². The molecular formula is C23H19ClFN3O6. The molecule has 0 unspecified atom stereocenters. The molecule has 2 heterocycles. The minimum Gasteiger partial charge on any atom is -0.484 e. The van der Waals surface area contributed by atoms with Gasteiger partial charge in [0.25, 0.3) is 11.8 Å². The molecule has 0 spiro atoms. The fourth-order valence-corrected chi connectivity index (χ4v) is 4.77. The van der Waals surface area contributed by atoms with Crippen LogP contribution in [0.4, 0.5) is 4.39 Å². The molecule has 0 aliphatic heterocycles. The van der Waals surface area contributed by atoms with Gasteiger partial charge in [-0.3, -0.25) is 14.4 Å². The maximum Gasteiger partial charge on any atom is 0.287 e. The Balaban J connectivity index is 1.15. The lowest BCUT2D eigenvalue weighted by Crippen LogP contribution is -2.84. The SMILES string of the molecule is COc1ccc2oc(C(=O)NC34CC(NC(=O)COc5ccc(Cl)c(F)c5)(C3)C4)cc(=O)c2n1. The molecule has 0 saturated heterocycles. The van der Waals surface area contributed by atoms with Crippen LogP contribution in [0.2, 0.25) is 5.02 Å². The second-order valence-electron chi connectivity index (χ2n) is 8.63. The van der Waals surface area contributed by atoms with Crippen molar-refractivity contribution in [2.45, 2.75) is 30.3 Å². The van der Waals surface area contributed by atoms with E-state index in [9.17, 15) is 18.8 Å². The quantitative estimate of drug-likeness (QED) is 0.525. The van der Waals surface area contributed by atoms with Crippen LogP contribution in [0.1, 0.15) is 29.8 Å². The minimum absolute atomic E-state index is 0.0297. The number of nitrogens with zero attached hydrogens (tertiary/aromatic N) is 1. The maximum atomic E-state index is 13.5. The third-order valence-corrected chi connectivity index (χ3v) is 6.36. The van der Waals surface area contributed by atoms with E-state index >= 15 is 0 Å². The fourth-order valence-electron chi connectivity index (χ4n) is 4.65. The van der Waals surface area contributed by atoms with Gasteiger partial charge in [0.05, 0.1) is 12.1 Å². The number of halogens is 2. The number of aromatic nitrogens is 1. The van der Waals surface area contributed by atoms with Gasteiger partial charge in [-0.05, 0) is 37.5 Å². The van der Waals surface area contributed by atoms with Crippen molar-refractivity contribution in [3.63, 3.8) is 0 Å². The number of carbonyl (C=O) groups excluding carboxylic acids is 2. The molecule has 3 aliphatic carbocycles. The Labute approximate surface area is 197 Å². The molecular weight excluding hydrogens is 469 g/mol. The van der Waals surface area contributed by atoms with Gasteiger partial charge in [0.1, 0.15) is 11.6 Å². The molecule has 11 heteroatoms. The van der Waals surface area contributed by atoms with E-state index in [4.69, 9.17) is 25.5 Å². The number of fused-ring (bicyclic) bond motifs is 1. The molecule has 3 aliphatic rings. The standard InChI is InChI=1S/C23H19ClFN3O6/c1-32-19-5-4-16-20(26-19)15(29)7-17(34-16)21(31)28-23-9-22(10-23,11-23)27-18(30)8-33-12-2-3-13(24)14(25)6-12/h2-7H,8-11H2,1H3,(H,27,30)(H,28,31). The number of ether oxygens (including phenoxy) is 2. The predicted octanol–water partition coefficient (Wildman–Crippen LogP) is 2.59. The van der Waals surface area contributed by atoms with Gasteiger partial charge in [0.15, 0.2) is 23.5 Å². The Morgan fingerprint density at radius 3 is 2.59 bits per heavy atom. The Hall–Kier alpha value is -3.66. The van der Waals surface area contributed by atoms with Gasteiger partial charge in [-0.1, -0.05) is 11.6 Å². The molecule has 2 amide bonds. The highest BCUT2D eigenvalue weighted by Crippen LogP contribution is 2.60. The van der Waals surface area contributed by atoms with Crippen molar-refractivity contribution in [2.24, 2.45) is 0 Å². The van der Waals surface area contributed by atoms with Crippen LogP contribution in [-0.2, 0) is 4.79 Å². The van der Waals surface area contributed by atoms with Crippen LogP contribution in [-0.4, -0.2) is 41.6 Å². The van der Waals surface area contributed by atoms with Gasteiger partial charge >= 0.3 is 0 Å². The summed E-state index contributed by atoms with van der Waals surface area (Å²) >= 11 is 5.63. The first-order valence-corrected chi connectivity index (χ1v) is 10.8. The summed E-state index contributed by atoms with van der Waals surface area (Å²) in [5.41, 5.74) is -1.07. The second kappa shape index (κ2) is 7.98. The highest BCUT2D eigenvalue weighted by Gasteiger charge is 2.69. The molecule has 1 aromatic carbocycles. The highest BCUT2D eigenvalue weighted by atomic mass is 35.5. The fraction of sp³-hybridized carbons (Fsp3) is 0.304. The number of pyridine rings is 1. The van der Waals surface area contributed by atoms with Gasteiger partial charge in [-0.25, -0.2) is 9.37 Å². The summed E-state index contributed by atoms with van der Waals surface area (Å²) in [7, 11) is 1.43. The molecule has 0 atom stereocenters. The topological polar surface area (TPSA) is 120 Å². The number of nitrogens with one attached hydrogen (secondary N) is 2. The van der Waals surface area contributed by atoms with Crippen molar-refractivity contribution in [1.82, 2.24) is 15.6 Å². The molecule has 3 fully saturated rings. The average molecular weight is 488 g/mol. The maximum absolute atomic E-state index is 13.5. The van der Waals surface area contributed by atoms with Gasteiger partial charge in [0.2, 0.25) is 11.3 Å². The molecule has 2 aromatic heterocycles. The van der Waals surface area contributed by atoms with E-state index in [1.807, 2.05) is 0 Å². The zero-order valence-corrected chi connectivity index (χ0v) is 18.7. The van der Waals surface area contributed by atoms with Crippen molar-refractivity contribution >= 4 is 34.5 Å². The lowest BCUT2D eigenvalue weighted by Gasteiger charge is -2.70. The van der Waals surface area contributed by atoms with Gasteiger partial charge < -0.3 is 24.5 Å².